The Labute approximate surface area is 186 Å². The van der Waals surface area contributed by atoms with Gasteiger partial charge in [-0.3, -0.25) is 4.79 Å². The van der Waals surface area contributed by atoms with Gasteiger partial charge in [-0.15, -0.1) is 0 Å². The molecule has 31 heavy (non-hydrogen) atoms. The molecule has 0 saturated carbocycles. The van der Waals surface area contributed by atoms with Gasteiger partial charge in [0.15, 0.2) is 9.84 Å². The number of aromatic nitrogens is 2. The van der Waals surface area contributed by atoms with E-state index in [1.54, 1.807) is 6.20 Å². The minimum atomic E-state index is -3.46. The second kappa shape index (κ2) is 8.70. The van der Waals surface area contributed by atoms with E-state index in [0.717, 1.165) is 44.1 Å². The second-order valence-electron chi connectivity index (χ2n) is 8.16. The van der Waals surface area contributed by atoms with Crippen molar-refractivity contribution in [3.8, 4) is 0 Å². The molecule has 2 fully saturated rings. The topological polar surface area (TPSA) is 83.5 Å². The molecule has 2 aliphatic rings. The fraction of sp³-hybridized carbons (Fsp3) is 0.476. The maximum Gasteiger partial charge on any atom is 0.226 e. The first kappa shape index (κ1) is 22.0. The van der Waals surface area contributed by atoms with Gasteiger partial charge in [-0.1, -0.05) is 17.7 Å². The van der Waals surface area contributed by atoms with E-state index in [2.05, 4.69) is 14.9 Å². The van der Waals surface area contributed by atoms with Crippen molar-refractivity contribution >= 4 is 33.2 Å². The third-order valence-electron chi connectivity index (χ3n) is 6.11. The minimum Gasteiger partial charge on any atom is -0.355 e. The normalized spacial score (nSPS) is 20.5. The fourth-order valence-electron chi connectivity index (χ4n) is 4.38. The van der Waals surface area contributed by atoms with Crippen LogP contribution < -0.4 is 4.90 Å². The van der Waals surface area contributed by atoms with Crippen LogP contribution in [0.2, 0.25) is 5.15 Å². The summed E-state index contributed by atoms with van der Waals surface area (Å²) in [4.78, 5) is 25.4. The Morgan fingerprint density at radius 2 is 1.87 bits per heavy atom. The third-order valence-corrected chi connectivity index (χ3v) is 7.41. The molecule has 1 aromatic carbocycles. The van der Waals surface area contributed by atoms with E-state index in [4.69, 9.17) is 11.6 Å². The summed E-state index contributed by atoms with van der Waals surface area (Å²) in [6.45, 7) is 2.21. The number of carbonyl (C=O) groups is 1. The maximum absolute atomic E-state index is 14.4. The first-order chi connectivity index (χ1) is 14.7. The van der Waals surface area contributed by atoms with Crippen LogP contribution in [0, 0.1) is 11.7 Å². The van der Waals surface area contributed by atoms with Gasteiger partial charge in [-0.05, 0) is 43.4 Å². The van der Waals surface area contributed by atoms with Crippen molar-refractivity contribution < 1.29 is 17.6 Å². The van der Waals surface area contributed by atoms with Crippen molar-refractivity contribution in [2.45, 2.75) is 36.6 Å². The molecular weight excluding hydrogens is 443 g/mol. The summed E-state index contributed by atoms with van der Waals surface area (Å²) in [5, 5.41) is 0.356. The predicted octanol–water partition coefficient (Wildman–Crippen LogP) is 2.73. The number of rotatable bonds is 5. The molecule has 0 aliphatic carbocycles. The third kappa shape index (κ3) is 4.82. The van der Waals surface area contributed by atoms with Crippen molar-refractivity contribution in [2.24, 2.45) is 5.92 Å². The van der Waals surface area contributed by atoms with Crippen molar-refractivity contribution in [3.63, 3.8) is 0 Å². The molecule has 0 N–H and O–H groups in total. The Hall–Kier alpha value is -2.26. The average molecular weight is 467 g/mol. The summed E-state index contributed by atoms with van der Waals surface area (Å²) in [5.41, 5.74) is 0.378. The summed E-state index contributed by atoms with van der Waals surface area (Å²) in [6.07, 6.45) is 6.85. The quantitative estimate of drug-likeness (QED) is 0.673. The largest absolute Gasteiger partial charge is 0.355 e. The Morgan fingerprint density at radius 3 is 2.48 bits per heavy atom. The van der Waals surface area contributed by atoms with Crippen molar-refractivity contribution in [1.82, 2.24) is 14.9 Å². The lowest BCUT2D eigenvalue weighted by Gasteiger charge is -2.37. The Morgan fingerprint density at radius 1 is 1.13 bits per heavy atom. The number of amides is 1. The van der Waals surface area contributed by atoms with Crippen molar-refractivity contribution in [1.29, 1.82) is 0 Å². The zero-order valence-corrected chi connectivity index (χ0v) is 18.7. The number of anilines is 1. The predicted molar refractivity (Wildman–Crippen MR) is 115 cm³/mol. The van der Waals surface area contributed by atoms with Crippen LogP contribution in [0.4, 0.5) is 10.2 Å². The van der Waals surface area contributed by atoms with Gasteiger partial charge in [0.05, 0.1) is 17.3 Å². The molecule has 7 nitrogen and oxygen atoms in total. The molecule has 1 aromatic heterocycles. The van der Waals surface area contributed by atoms with E-state index in [1.165, 1.54) is 18.3 Å². The van der Waals surface area contributed by atoms with Gasteiger partial charge in [0.2, 0.25) is 5.91 Å². The smallest absolute Gasteiger partial charge is 0.226 e. The van der Waals surface area contributed by atoms with E-state index >= 15 is 0 Å². The lowest BCUT2D eigenvalue weighted by Crippen LogP contribution is -2.46. The zero-order chi connectivity index (χ0) is 22.2. The Kier molecular flexibility index (Phi) is 6.16. The highest BCUT2D eigenvalue weighted by atomic mass is 35.5. The summed E-state index contributed by atoms with van der Waals surface area (Å²) in [5.74, 6) is -0.0249. The number of sulfone groups is 1. The van der Waals surface area contributed by atoms with Crippen LogP contribution in [-0.4, -0.2) is 61.1 Å². The second-order valence-corrected chi connectivity index (χ2v) is 10.6. The van der Waals surface area contributed by atoms with E-state index in [1.807, 2.05) is 4.90 Å². The Balaban J connectivity index is 1.36. The summed E-state index contributed by atoms with van der Waals surface area (Å²) in [7, 11) is -3.46. The molecule has 0 radical (unpaired) electrons. The molecule has 1 atom stereocenters. The van der Waals surface area contributed by atoms with Crippen LogP contribution in [0.25, 0.3) is 0 Å². The summed E-state index contributed by atoms with van der Waals surface area (Å²) >= 11 is 5.80. The van der Waals surface area contributed by atoms with E-state index in [-0.39, 0.29) is 29.2 Å². The van der Waals surface area contributed by atoms with Crippen molar-refractivity contribution in [2.75, 3.05) is 30.8 Å². The molecule has 2 aliphatic heterocycles. The van der Waals surface area contributed by atoms with Gasteiger partial charge in [0.1, 0.15) is 16.8 Å². The number of hydrogen-bond donors (Lipinski definition) is 0. The SMILES string of the molecule is CS(=O)(=O)c1ccc(C[C@H]2CCN(C3CCN(c4cnc(Cl)cn4)CC3)C2=O)c(F)c1. The fourth-order valence-corrected chi connectivity index (χ4v) is 5.11. The van der Waals surface area contributed by atoms with E-state index in [0.29, 0.717) is 23.7 Å². The van der Waals surface area contributed by atoms with Crippen LogP contribution in [0.15, 0.2) is 35.5 Å². The summed E-state index contributed by atoms with van der Waals surface area (Å²) < 4.78 is 37.6. The summed E-state index contributed by atoms with van der Waals surface area (Å²) in [6, 6.07) is 4.08. The van der Waals surface area contributed by atoms with E-state index < -0.39 is 15.7 Å². The molecule has 2 saturated heterocycles. The van der Waals surface area contributed by atoms with Crippen molar-refractivity contribution in [3.05, 3.63) is 47.1 Å². The Bertz CT molecular complexity index is 1070. The van der Waals surface area contributed by atoms with Crippen LogP contribution in [0.5, 0.6) is 0 Å². The zero-order valence-electron chi connectivity index (χ0n) is 17.2. The first-order valence-corrected chi connectivity index (χ1v) is 12.5. The lowest BCUT2D eigenvalue weighted by molar-refractivity contribution is -0.133. The number of likely N-dealkylation sites (tertiary alicyclic amines) is 1. The highest BCUT2D eigenvalue weighted by Crippen LogP contribution is 2.30. The molecule has 1 amide bonds. The number of halogens is 2. The maximum atomic E-state index is 14.4. The number of benzene rings is 1. The molecule has 4 rings (SSSR count). The van der Waals surface area contributed by atoms with Crippen LogP contribution >= 0.6 is 11.6 Å². The molecule has 3 heterocycles. The highest BCUT2D eigenvalue weighted by Gasteiger charge is 2.37. The molecule has 0 spiro atoms. The molecule has 166 valence electrons. The van der Waals surface area contributed by atoms with Crippen LogP contribution in [0.1, 0.15) is 24.8 Å². The number of nitrogens with zero attached hydrogens (tertiary/aromatic N) is 4. The van der Waals surface area contributed by atoms with Gasteiger partial charge in [0, 0.05) is 37.8 Å². The first-order valence-electron chi connectivity index (χ1n) is 10.2. The molecule has 0 unspecified atom stereocenters. The minimum absolute atomic E-state index is 0.0507. The van der Waals surface area contributed by atoms with Crippen LogP contribution in [0.3, 0.4) is 0 Å². The molecule has 10 heteroatoms. The molecular formula is C21H24ClFN4O3S. The lowest BCUT2D eigenvalue weighted by atomic mass is 9.97. The van der Waals surface area contributed by atoms with Gasteiger partial charge >= 0.3 is 0 Å². The average Bonchev–Trinajstić information content (AvgIpc) is 3.10. The molecule has 2 aromatic rings. The van der Waals surface area contributed by atoms with Gasteiger partial charge in [-0.2, -0.15) is 0 Å². The van der Waals surface area contributed by atoms with Gasteiger partial charge < -0.3 is 9.80 Å². The number of hydrogen-bond acceptors (Lipinski definition) is 6. The number of piperidine rings is 1. The van der Waals surface area contributed by atoms with Gasteiger partial charge in [-0.25, -0.2) is 22.8 Å². The molecule has 0 bridgehead atoms. The standard InChI is InChI=1S/C21H24ClFN4O3S/c1-31(29,30)17-3-2-14(18(23)11-17)10-15-4-9-27(21(15)28)16-5-7-26(8-6-16)20-13-24-19(22)12-25-20/h2-3,11-13,15-16H,4-10H2,1H3/t15-/m1/s1. The number of carbonyl (C=O) groups excluding carboxylic acids is 1. The van der Waals surface area contributed by atoms with Gasteiger partial charge in [0.25, 0.3) is 0 Å². The monoisotopic (exact) mass is 466 g/mol. The van der Waals surface area contributed by atoms with Crippen LogP contribution in [-0.2, 0) is 21.1 Å². The highest BCUT2D eigenvalue weighted by molar-refractivity contribution is 7.90. The van der Waals surface area contributed by atoms with E-state index in [9.17, 15) is 17.6 Å².